The third kappa shape index (κ3) is 2.31. The Labute approximate surface area is 97.6 Å². The molecule has 0 heterocycles. The first-order chi connectivity index (χ1) is 7.32. The zero-order valence-electron chi connectivity index (χ0n) is 10.2. The predicted octanol–water partition coefficient (Wildman–Crippen LogP) is 3.00. The Kier molecular flexibility index (Phi) is 2.65. The molecule has 1 atom stereocenters. The Hall–Kier alpha value is -0.773. The van der Waals surface area contributed by atoms with Gasteiger partial charge in [0.05, 0.1) is 11.7 Å². The van der Waals surface area contributed by atoms with Gasteiger partial charge in [0.2, 0.25) is 8.32 Å². The first-order valence-electron chi connectivity index (χ1n) is 5.93. The lowest BCUT2D eigenvalue weighted by Crippen LogP contribution is -2.32. The maximum absolute atomic E-state index is 11.1. The maximum Gasteiger partial charge on any atom is 0.307 e. The number of carboxylic acids is 1. The van der Waals surface area contributed by atoms with Gasteiger partial charge in [-0.3, -0.25) is 4.79 Å². The molecule has 0 aromatic rings. The summed E-state index contributed by atoms with van der Waals surface area (Å²) < 4.78 is 5.99. The van der Waals surface area contributed by atoms with E-state index in [2.05, 4.69) is 19.6 Å². The highest BCUT2D eigenvalue weighted by Gasteiger charge is 2.54. The largest absolute Gasteiger partial charge is 0.548 e. The molecule has 0 aromatic carbocycles. The van der Waals surface area contributed by atoms with Crippen LogP contribution in [0.4, 0.5) is 0 Å². The molecule has 0 saturated heterocycles. The summed E-state index contributed by atoms with van der Waals surface area (Å²) in [7, 11) is -1.54. The van der Waals surface area contributed by atoms with Gasteiger partial charge in [-0.2, -0.15) is 0 Å². The molecule has 3 nitrogen and oxygen atoms in total. The zero-order valence-corrected chi connectivity index (χ0v) is 11.2. The second-order valence-electron chi connectivity index (χ2n) is 6.05. The van der Waals surface area contributed by atoms with Gasteiger partial charge in [0.15, 0.2) is 0 Å². The van der Waals surface area contributed by atoms with E-state index in [1.807, 2.05) is 6.08 Å². The van der Waals surface area contributed by atoms with Crippen LogP contribution in [0.3, 0.4) is 0 Å². The Morgan fingerprint density at radius 2 is 2.12 bits per heavy atom. The molecule has 1 saturated carbocycles. The van der Waals surface area contributed by atoms with Gasteiger partial charge in [0.1, 0.15) is 0 Å². The average molecular weight is 240 g/mol. The smallest absolute Gasteiger partial charge is 0.307 e. The lowest BCUT2D eigenvalue weighted by Gasteiger charge is -2.31. The van der Waals surface area contributed by atoms with E-state index in [1.54, 1.807) is 0 Å². The standard InChI is InChI=1S/C12H20O3Si/c1-16(2,3)15-9-4-5-10(11(13)14)12(8-9)6-7-12/h4,10H,5-8H2,1-3H3,(H,13,14). The molecule has 2 aliphatic carbocycles. The van der Waals surface area contributed by atoms with Crippen LogP contribution in [0.5, 0.6) is 0 Å². The molecule has 0 bridgehead atoms. The van der Waals surface area contributed by atoms with Crippen molar-refractivity contribution in [1.29, 1.82) is 0 Å². The second-order valence-corrected chi connectivity index (χ2v) is 10.5. The van der Waals surface area contributed by atoms with E-state index in [0.29, 0.717) is 6.42 Å². The van der Waals surface area contributed by atoms with E-state index in [9.17, 15) is 9.90 Å². The van der Waals surface area contributed by atoms with E-state index in [1.165, 1.54) is 0 Å². The van der Waals surface area contributed by atoms with E-state index in [0.717, 1.165) is 25.0 Å². The normalized spacial score (nSPS) is 27.4. The molecule has 1 spiro atoms. The molecule has 1 N–H and O–H groups in total. The van der Waals surface area contributed by atoms with Crippen molar-refractivity contribution in [2.75, 3.05) is 0 Å². The summed E-state index contributed by atoms with van der Waals surface area (Å²) in [6.45, 7) is 6.49. The number of allylic oxidation sites excluding steroid dienone is 2. The zero-order chi connectivity index (χ0) is 12.0. The number of hydrogen-bond donors (Lipinski definition) is 1. The molecular formula is C12H20O3Si. The van der Waals surface area contributed by atoms with Gasteiger partial charge in [-0.1, -0.05) is 0 Å². The van der Waals surface area contributed by atoms with Gasteiger partial charge in [-0.25, -0.2) is 0 Å². The van der Waals surface area contributed by atoms with E-state index in [-0.39, 0.29) is 11.3 Å². The molecule has 2 rings (SSSR count). The van der Waals surface area contributed by atoms with Crippen molar-refractivity contribution in [2.45, 2.75) is 45.3 Å². The highest BCUT2D eigenvalue weighted by atomic mass is 28.4. The predicted molar refractivity (Wildman–Crippen MR) is 64.5 cm³/mol. The Morgan fingerprint density at radius 3 is 2.56 bits per heavy atom. The summed E-state index contributed by atoms with van der Waals surface area (Å²) in [4.78, 5) is 11.1. The second kappa shape index (κ2) is 3.62. The van der Waals surface area contributed by atoms with Crippen LogP contribution < -0.4 is 0 Å². The molecule has 2 aliphatic rings. The molecule has 0 amide bonds. The van der Waals surface area contributed by atoms with Crippen molar-refractivity contribution in [3.05, 3.63) is 11.8 Å². The quantitative estimate of drug-likeness (QED) is 0.771. The molecule has 0 aromatic heterocycles. The summed E-state index contributed by atoms with van der Waals surface area (Å²) in [5, 5.41) is 9.17. The number of hydrogen-bond acceptors (Lipinski definition) is 2. The lowest BCUT2D eigenvalue weighted by atomic mass is 9.79. The monoisotopic (exact) mass is 240 g/mol. The number of carbonyl (C=O) groups is 1. The van der Waals surface area contributed by atoms with Crippen molar-refractivity contribution in [1.82, 2.24) is 0 Å². The first-order valence-corrected chi connectivity index (χ1v) is 9.34. The van der Waals surface area contributed by atoms with Gasteiger partial charge in [-0.15, -0.1) is 0 Å². The number of carboxylic acid groups (broad SMARTS) is 1. The van der Waals surface area contributed by atoms with Gasteiger partial charge >= 0.3 is 5.97 Å². The van der Waals surface area contributed by atoms with E-state index >= 15 is 0 Å². The molecule has 1 unspecified atom stereocenters. The minimum atomic E-state index is -1.54. The van der Waals surface area contributed by atoms with Gasteiger partial charge in [0, 0.05) is 6.42 Å². The Balaban J connectivity index is 2.08. The average Bonchev–Trinajstić information content (AvgIpc) is 2.81. The minimum Gasteiger partial charge on any atom is -0.548 e. The molecule has 0 aliphatic heterocycles. The van der Waals surface area contributed by atoms with E-state index < -0.39 is 14.3 Å². The third-order valence-electron chi connectivity index (χ3n) is 3.47. The summed E-state index contributed by atoms with van der Waals surface area (Å²) in [5.41, 5.74) is 0.0373. The van der Waals surface area contributed by atoms with Crippen LogP contribution in [-0.2, 0) is 9.22 Å². The SMILES string of the molecule is C[Si](C)(C)OC1=CCC(C(=O)O)C2(CC2)C1. The van der Waals surface area contributed by atoms with Gasteiger partial charge < -0.3 is 9.53 Å². The summed E-state index contributed by atoms with van der Waals surface area (Å²) in [5.74, 6) is 0.233. The van der Waals surface area contributed by atoms with Crippen molar-refractivity contribution >= 4 is 14.3 Å². The number of rotatable bonds is 3. The summed E-state index contributed by atoms with van der Waals surface area (Å²) in [6, 6.07) is 0. The molecule has 1 fully saturated rings. The Morgan fingerprint density at radius 1 is 1.50 bits per heavy atom. The highest BCUT2D eigenvalue weighted by molar-refractivity contribution is 6.70. The van der Waals surface area contributed by atoms with Crippen molar-refractivity contribution in [2.24, 2.45) is 11.3 Å². The Bertz CT molecular complexity index is 337. The molecular weight excluding hydrogens is 220 g/mol. The lowest BCUT2D eigenvalue weighted by molar-refractivity contribution is -0.144. The van der Waals surface area contributed by atoms with Crippen LogP contribution in [0, 0.1) is 11.3 Å². The van der Waals surface area contributed by atoms with Gasteiger partial charge in [0.25, 0.3) is 0 Å². The number of aliphatic carboxylic acids is 1. The highest BCUT2D eigenvalue weighted by Crippen LogP contribution is 2.59. The van der Waals surface area contributed by atoms with Gasteiger partial charge in [-0.05, 0) is 50.4 Å². The van der Waals surface area contributed by atoms with E-state index in [4.69, 9.17) is 4.43 Å². The van der Waals surface area contributed by atoms with Crippen LogP contribution in [0.2, 0.25) is 19.6 Å². The fraction of sp³-hybridized carbons (Fsp3) is 0.750. The van der Waals surface area contributed by atoms with Crippen LogP contribution in [0.1, 0.15) is 25.7 Å². The van der Waals surface area contributed by atoms with Crippen molar-refractivity contribution < 1.29 is 14.3 Å². The van der Waals surface area contributed by atoms with Crippen LogP contribution in [-0.4, -0.2) is 19.4 Å². The maximum atomic E-state index is 11.1. The first kappa shape index (κ1) is 11.7. The van der Waals surface area contributed by atoms with Crippen LogP contribution >= 0.6 is 0 Å². The van der Waals surface area contributed by atoms with Crippen LogP contribution in [0.25, 0.3) is 0 Å². The minimum absolute atomic E-state index is 0.0373. The topological polar surface area (TPSA) is 46.5 Å². The molecule has 4 heteroatoms. The molecule has 0 radical (unpaired) electrons. The van der Waals surface area contributed by atoms with Crippen molar-refractivity contribution in [3.63, 3.8) is 0 Å². The summed E-state index contributed by atoms with van der Waals surface area (Å²) >= 11 is 0. The molecule has 16 heavy (non-hydrogen) atoms. The third-order valence-corrected chi connectivity index (χ3v) is 4.35. The van der Waals surface area contributed by atoms with Crippen LogP contribution in [0.15, 0.2) is 11.8 Å². The fourth-order valence-corrected chi connectivity index (χ4v) is 3.50. The fourth-order valence-electron chi connectivity index (χ4n) is 2.56. The van der Waals surface area contributed by atoms with Crippen molar-refractivity contribution in [3.8, 4) is 0 Å². The summed E-state index contributed by atoms with van der Waals surface area (Å²) in [6.07, 6.45) is 5.59. The molecule has 90 valence electrons.